The van der Waals surface area contributed by atoms with Crippen molar-refractivity contribution in [3.05, 3.63) is 0 Å². The highest BCUT2D eigenvalue weighted by Crippen LogP contribution is 2.42. The van der Waals surface area contributed by atoms with E-state index >= 15 is 0 Å². The van der Waals surface area contributed by atoms with Crippen molar-refractivity contribution < 1.29 is 0 Å². The van der Waals surface area contributed by atoms with Gasteiger partial charge in [-0.05, 0) is 44.9 Å². The highest BCUT2D eigenvalue weighted by atomic mass is 15.3. The molecule has 2 aliphatic rings. The molecule has 1 saturated heterocycles. The van der Waals surface area contributed by atoms with Gasteiger partial charge < -0.3 is 5.32 Å². The highest BCUT2D eigenvalue weighted by Gasteiger charge is 2.47. The molecule has 100 valence electrons. The predicted octanol–water partition coefficient (Wildman–Crippen LogP) is 2.88. The van der Waals surface area contributed by atoms with E-state index in [9.17, 15) is 0 Å². The highest BCUT2D eigenvalue weighted by molar-refractivity contribution is 5.05. The number of hydrogen-bond donors (Lipinski definition) is 1. The van der Waals surface area contributed by atoms with E-state index in [1.54, 1.807) is 0 Å². The Morgan fingerprint density at radius 2 is 1.94 bits per heavy atom. The zero-order valence-corrected chi connectivity index (χ0v) is 12.3. The third-order valence-electron chi connectivity index (χ3n) is 5.06. The second-order valence-corrected chi connectivity index (χ2v) is 6.81. The van der Waals surface area contributed by atoms with Gasteiger partial charge in [-0.2, -0.15) is 0 Å². The number of piperazine rings is 1. The van der Waals surface area contributed by atoms with Crippen molar-refractivity contribution in [2.45, 2.75) is 71.5 Å². The van der Waals surface area contributed by atoms with Crippen molar-refractivity contribution in [1.82, 2.24) is 10.2 Å². The van der Waals surface area contributed by atoms with Gasteiger partial charge in [0.15, 0.2) is 0 Å². The molecule has 3 unspecified atom stereocenters. The molecule has 1 aliphatic heterocycles. The van der Waals surface area contributed by atoms with Crippen LogP contribution in [0.25, 0.3) is 0 Å². The number of hydrogen-bond acceptors (Lipinski definition) is 2. The maximum atomic E-state index is 3.86. The van der Waals surface area contributed by atoms with Crippen LogP contribution in [0.1, 0.15) is 53.9 Å². The van der Waals surface area contributed by atoms with Crippen LogP contribution in [0.15, 0.2) is 0 Å². The minimum Gasteiger partial charge on any atom is -0.308 e. The molecule has 0 spiro atoms. The molecule has 2 heteroatoms. The fraction of sp³-hybridized carbons (Fsp3) is 1.00. The van der Waals surface area contributed by atoms with Gasteiger partial charge in [-0.1, -0.05) is 20.8 Å². The van der Waals surface area contributed by atoms with E-state index in [0.29, 0.717) is 5.54 Å². The van der Waals surface area contributed by atoms with Gasteiger partial charge in [0, 0.05) is 30.7 Å². The molecule has 1 saturated carbocycles. The minimum absolute atomic E-state index is 0.384. The van der Waals surface area contributed by atoms with Crippen molar-refractivity contribution in [1.29, 1.82) is 0 Å². The summed E-state index contributed by atoms with van der Waals surface area (Å²) in [5.74, 6) is 1.68. The first-order chi connectivity index (χ1) is 7.98. The van der Waals surface area contributed by atoms with E-state index in [2.05, 4.69) is 44.8 Å². The Bertz CT molecular complexity index is 260. The summed E-state index contributed by atoms with van der Waals surface area (Å²) in [5, 5.41) is 3.86. The Labute approximate surface area is 107 Å². The largest absolute Gasteiger partial charge is 0.308 e. The molecule has 1 aliphatic carbocycles. The van der Waals surface area contributed by atoms with Crippen molar-refractivity contribution in [3.63, 3.8) is 0 Å². The van der Waals surface area contributed by atoms with Crippen LogP contribution < -0.4 is 5.32 Å². The maximum Gasteiger partial charge on any atom is 0.0309 e. The average molecular weight is 238 g/mol. The summed E-state index contributed by atoms with van der Waals surface area (Å²) in [6.07, 6.45) is 4.14. The molecule has 2 nitrogen and oxygen atoms in total. The third kappa shape index (κ3) is 2.68. The maximum absolute atomic E-state index is 3.86. The minimum atomic E-state index is 0.384. The van der Waals surface area contributed by atoms with Crippen LogP contribution in [0.2, 0.25) is 0 Å². The summed E-state index contributed by atoms with van der Waals surface area (Å²) in [5.41, 5.74) is 0.384. The van der Waals surface area contributed by atoms with Crippen molar-refractivity contribution in [3.8, 4) is 0 Å². The van der Waals surface area contributed by atoms with Crippen molar-refractivity contribution in [2.24, 2.45) is 11.8 Å². The number of rotatable bonds is 4. The predicted molar refractivity (Wildman–Crippen MR) is 74.2 cm³/mol. The van der Waals surface area contributed by atoms with E-state index in [-0.39, 0.29) is 0 Å². The molecule has 1 heterocycles. The quantitative estimate of drug-likeness (QED) is 0.810. The lowest BCUT2D eigenvalue weighted by molar-refractivity contribution is 0.0225. The lowest BCUT2D eigenvalue weighted by Gasteiger charge is -2.50. The zero-order valence-electron chi connectivity index (χ0n) is 12.3. The standard InChI is InChI=1S/C15H30N2/c1-6-12(4)17-10-15(5,13-7-8-13)16-9-14(17)11(2)3/h11-14,16H,6-10H2,1-5H3. The summed E-state index contributed by atoms with van der Waals surface area (Å²) < 4.78 is 0. The Hall–Kier alpha value is -0.0800. The van der Waals surface area contributed by atoms with E-state index in [4.69, 9.17) is 0 Å². The van der Waals surface area contributed by atoms with Gasteiger partial charge in [0.25, 0.3) is 0 Å². The lowest BCUT2D eigenvalue weighted by atomic mass is 9.87. The second kappa shape index (κ2) is 4.89. The molecule has 2 rings (SSSR count). The summed E-state index contributed by atoms with van der Waals surface area (Å²) in [6.45, 7) is 14.3. The van der Waals surface area contributed by atoms with Gasteiger partial charge in [0.05, 0.1) is 0 Å². The number of nitrogens with one attached hydrogen (secondary N) is 1. The number of nitrogens with zero attached hydrogens (tertiary/aromatic N) is 1. The fourth-order valence-electron chi connectivity index (χ4n) is 3.34. The molecule has 0 bridgehead atoms. The third-order valence-corrected chi connectivity index (χ3v) is 5.06. The van der Waals surface area contributed by atoms with Gasteiger partial charge in [0.1, 0.15) is 0 Å². The molecule has 0 aromatic rings. The van der Waals surface area contributed by atoms with E-state index in [0.717, 1.165) is 23.9 Å². The van der Waals surface area contributed by atoms with Crippen LogP contribution in [-0.4, -0.2) is 35.6 Å². The average Bonchev–Trinajstić information content (AvgIpc) is 3.11. The Balaban J connectivity index is 2.09. The SMILES string of the molecule is CCC(C)N1CC(C)(C2CC2)NCC1C(C)C. The Morgan fingerprint density at radius 1 is 1.29 bits per heavy atom. The molecule has 0 radical (unpaired) electrons. The Kier molecular flexibility index (Phi) is 3.84. The fourth-order valence-corrected chi connectivity index (χ4v) is 3.34. The van der Waals surface area contributed by atoms with Crippen LogP contribution in [0.4, 0.5) is 0 Å². The van der Waals surface area contributed by atoms with Crippen LogP contribution >= 0.6 is 0 Å². The van der Waals surface area contributed by atoms with Crippen LogP contribution in [-0.2, 0) is 0 Å². The monoisotopic (exact) mass is 238 g/mol. The molecule has 2 fully saturated rings. The summed E-state index contributed by atoms with van der Waals surface area (Å²) in [6, 6.07) is 1.44. The molecule has 3 atom stereocenters. The molecule has 0 aromatic carbocycles. The first kappa shape index (κ1) is 13.4. The molecular formula is C15H30N2. The van der Waals surface area contributed by atoms with Gasteiger partial charge in [-0.15, -0.1) is 0 Å². The van der Waals surface area contributed by atoms with Crippen molar-refractivity contribution in [2.75, 3.05) is 13.1 Å². The smallest absolute Gasteiger partial charge is 0.0309 e. The molecule has 1 N–H and O–H groups in total. The first-order valence-electron chi connectivity index (χ1n) is 7.48. The molecule has 17 heavy (non-hydrogen) atoms. The Morgan fingerprint density at radius 3 is 2.41 bits per heavy atom. The summed E-state index contributed by atoms with van der Waals surface area (Å²) >= 11 is 0. The summed E-state index contributed by atoms with van der Waals surface area (Å²) in [4.78, 5) is 2.78. The lowest BCUT2D eigenvalue weighted by Crippen LogP contribution is -2.66. The van der Waals surface area contributed by atoms with E-state index in [1.807, 2.05) is 0 Å². The van der Waals surface area contributed by atoms with Gasteiger partial charge in [-0.25, -0.2) is 0 Å². The van der Waals surface area contributed by atoms with Gasteiger partial charge >= 0.3 is 0 Å². The second-order valence-electron chi connectivity index (χ2n) is 6.81. The van der Waals surface area contributed by atoms with Crippen LogP contribution in [0, 0.1) is 11.8 Å². The topological polar surface area (TPSA) is 15.3 Å². The first-order valence-corrected chi connectivity index (χ1v) is 7.48. The molecule has 0 aromatic heterocycles. The zero-order chi connectivity index (χ0) is 12.6. The van der Waals surface area contributed by atoms with Gasteiger partial charge in [0.2, 0.25) is 0 Å². The normalized spacial score (nSPS) is 37.4. The molecular weight excluding hydrogens is 208 g/mol. The summed E-state index contributed by atoms with van der Waals surface area (Å²) in [7, 11) is 0. The van der Waals surface area contributed by atoms with Crippen LogP contribution in [0.3, 0.4) is 0 Å². The van der Waals surface area contributed by atoms with E-state index < -0.39 is 0 Å². The van der Waals surface area contributed by atoms with Crippen molar-refractivity contribution >= 4 is 0 Å². The van der Waals surface area contributed by atoms with Gasteiger partial charge in [-0.3, -0.25) is 4.90 Å². The van der Waals surface area contributed by atoms with E-state index in [1.165, 1.54) is 32.4 Å². The van der Waals surface area contributed by atoms with Crippen LogP contribution in [0.5, 0.6) is 0 Å². The molecule has 0 amide bonds.